The molecule has 5 heteroatoms. The number of benzene rings is 1. The molecular formula is C13H18N2O3. The lowest BCUT2D eigenvalue weighted by atomic mass is 10.1. The summed E-state index contributed by atoms with van der Waals surface area (Å²) in [6, 6.07) is 3.44. The summed E-state index contributed by atoms with van der Waals surface area (Å²) in [6.45, 7) is 3.39. The zero-order valence-corrected chi connectivity index (χ0v) is 10.7. The highest BCUT2D eigenvalue weighted by molar-refractivity contribution is 5.92. The average Bonchev–Trinajstić information content (AvgIpc) is 2.31. The summed E-state index contributed by atoms with van der Waals surface area (Å²) in [5.74, 6) is -0.360. The van der Waals surface area contributed by atoms with Crippen molar-refractivity contribution in [3.8, 4) is 0 Å². The molecule has 0 radical (unpaired) electrons. The van der Waals surface area contributed by atoms with Gasteiger partial charge in [0.05, 0.1) is 30.2 Å². The van der Waals surface area contributed by atoms with Crippen molar-refractivity contribution in [1.29, 1.82) is 0 Å². The van der Waals surface area contributed by atoms with Crippen LogP contribution in [-0.4, -0.2) is 32.3 Å². The third kappa shape index (κ3) is 2.56. The van der Waals surface area contributed by atoms with Crippen molar-refractivity contribution in [3.05, 3.63) is 23.3 Å². The molecule has 1 heterocycles. The van der Waals surface area contributed by atoms with Gasteiger partial charge >= 0.3 is 5.97 Å². The van der Waals surface area contributed by atoms with Crippen LogP contribution < -0.4 is 11.1 Å². The lowest BCUT2D eigenvalue weighted by Gasteiger charge is -2.27. The number of carbonyl (C=O) groups is 1. The summed E-state index contributed by atoms with van der Waals surface area (Å²) in [6.07, 6.45) is 1.30. The summed E-state index contributed by atoms with van der Waals surface area (Å²) in [4.78, 5) is 11.5. The fourth-order valence-corrected chi connectivity index (χ4v) is 1.85. The molecule has 0 amide bonds. The Morgan fingerprint density at radius 1 is 1.61 bits per heavy atom. The number of hydrogen-bond donors (Lipinski definition) is 2. The number of esters is 1. The molecule has 18 heavy (non-hydrogen) atoms. The van der Waals surface area contributed by atoms with Crippen LogP contribution in [-0.2, 0) is 9.47 Å². The van der Waals surface area contributed by atoms with E-state index in [1.54, 1.807) is 12.1 Å². The van der Waals surface area contributed by atoms with Crippen molar-refractivity contribution >= 4 is 17.3 Å². The zero-order chi connectivity index (χ0) is 13.1. The second-order valence-corrected chi connectivity index (χ2v) is 4.41. The van der Waals surface area contributed by atoms with E-state index in [2.05, 4.69) is 5.32 Å². The first kappa shape index (κ1) is 12.7. The number of nitrogen functional groups attached to an aromatic ring is 1. The SMILES string of the molecule is COC(=O)c1cc(C)c(N)c(NC[C@@H]2CCO2)c1. The first-order valence-corrected chi connectivity index (χ1v) is 5.95. The van der Waals surface area contributed by atoms with Crippen molar-refractivity contribution in [3.63, 3.8) is 0 Å². The number of aryl methyl sites for hydroxylation is 1. The smallest absolute Gasteiger partial charge is 0.337 e. The molecule has 98 valence electrons. The highest BCUT2D eigenvalue weighted by Crippen LogP contribution is 2.25. The number of nitrogens with two attached hydrogens (primary N) is 1. The fraction of sp³-hybridized carbons (Fsp3) is 0.462. The molecule has 1 aromatic carbocycles. The van der Waals surface area contributed by atoms with E-state index in [-0.39, 0.29) is 12.1 Å². The van der Waals surface area contributed by atoms with Crippen molar-refractivity contribution in [2.24, 2.45) is 0 Å². The third-order valence-corrected chi connectivity index (χ3v) is 3.12. The minimum Gasteiger partial charge on any atom is -0.465 e. The molecule has 3 N–H and O–H groups in total. The van der Waals surface area contributed by atoms with Crippen LogP contribution >= 0.6 is 0 Å². The second kappa shape index (κ2) is 5.27. The Balaban J connectivity index is 2.15. The van der Waals surface area contributed by atoms with Gasteiger partial charge in [0, 0.05) is 13.2 Å². The van der Waals surface area contributed by atoms with Crippen LogP contribution in [0.5, 0.6) is 0 Å². The number of anilines is 2. The summed E-state index contributed by atoms with van der Waals surface area (Å²) < 4.78 is 10.0. The Morgan fingerprint density at radius 2 is 2.33 bits per heavy atom. The maximum absolute atomic E-state index is 11.5. The molecule has 0 saturated carbocycles. The zero-order valence-electron chi connectivity index (χ0n) is 10.7. The number of hydrogen-bond acceptors (Lipinski definition) is 5. The first-order chi connectivity index (χ1) is 8.61. The summed E-state index contributed by atoms with van der Waals surface area (Å²) in [5.41, 5.74) is 8.75. The molecule has 1 aliphatic heterocycles. The number of nitrogens with one attached hydrogen (secondary N) is 1. The van der Waals surface area contributed by atoms with Gasteiger partial charge in [-0.2, -0.15) is 0 Å². The number of carbonyl (C=O) groups excluding carboxylic acids is 1. The van der Waals surface area contributed by atoms with Gasteiger partial charge in [0.1, 0.15) is 0 Å². The molecule has 0 aromatic heterocycles. The van der Waals surface area contributed by atoms with Crippen LogP contribution in [0.15, 0.2) is 12.1 Å². The van der Waals surface area contributed by atoms with Crippen molar-refractivity contribution in [2.75, 3.05) is 31.3 Å². The van der Waals surface area contributed by atoms with Crippen LogP contribution in [0, 0.1) is 6.92 Å². The topological polar surface area (TPSA) is 73.6 Å². The van der Waals surface area contributed by atoms with Crippen LogP contribution in [0.1, 0.15) is 22.3 Å². The molecule has 1 aromatic rings. The van der Waals surface area contributed by atoms with Crippen molar-refractivity contribution in [2.45, 2.75) is 19.4 Å². The number of ether oxygens (including phenoxy) is 2. The normalized spacial score (nSPS) is 18.0. The Bertz CT molecular complexity index is 456. The van der Waals surface area contributed by atoms with Gasteiger partial charge in [0.2, 0.25) is 0 Å². The fourth-order valence-electron chi connectivity index (χ4n) is 1.85. The van der Waals surface area contributed by atoms with E-state index in [9.17, 15) is 4.79 Å². The first-order valence-electron chi connectivity index (χ1n) is 5.95. The summed E-state index contributed by atoms with van der Waals surface area (Å²) in [7, 11) is 1.36. The van der Waals surface area contributed by atoms with Crippen molar-refractivity contribution in [1.82, 2.24) is 0 Å². The third-order valence-electron chi connectivity index (χ3n) is 3.12. The minimum atomic E-state index is -0.360. The minimum absolute atomic E-state index is 0.242. The van der Waals surface area contributed by atoms with Crippen LogP contribution in [0.2, 0.25) is 0 Å². The number of rotatable bonds is 4. The monoisotopic (exact) mass is 250 g/mol. The lowest BCUT2D eigenvalue weighted by molar-refractivity contribution is -0.0410. The van der Waals surface area contributed by atoms with Crippen LogP contribution in [0.4, 0.5) is 11.4 Å². The van der Waals surface area contributed by atoms with E-state index in [1.165, 1.54) is 7.11 Å². The molecule has 0 aliphatic carbocycles. The quantitative estimate of drug-likeness (QED) is 0.626. The van der Waals surface area contributed by atoms with E-state index in [1.807, 2.05) is 6.92 Å². The van der Waals surface area contributed by atoms with Gasteiger partial charge in [-0.1, -0.05) is 0 Å². The van der Waals surface area contributed by atoms with Gasteiger partial charge in [-0.15, -0.1) is 0 Å². The Labute approximate surface area is 106 Å². The Kier molecular flexibility index (Phi) is 3.72. The van der Waals surface area contributed by atoms with Crippen LogP contribution in [0.3, 0.4) is 0 Å². The lowest BCUT2D eigenvalue weighted by Crippen LogP contribution is -2.33. The Hall–Kier alpha value is -1.75. The van der Waals surface area contributed by atoms with Gasteiger partial charge in [-0.3, -0.25) is 0 Å². The molecule has 2 rings (SSSR count). The highest BCUT2D eigenvalue weighted by atomic mass is 16.5. The van der Waals surface area contributed by atoms with Gasteiger partial charge in [0.15, 0.2) is 0 Å². The molecule has 1 fully saturated rings. The molecule has 1 atom stereocenters. The van der Waals surface area contributed by atoms with E-state index < -0.39 is 0 Å². The highest BCUT2D eigenvalue weighted by Gasteiger charge is 2.18. The largest absolute Gasteiger partial charge is 0.465 e. The van der Waals surface area contributed by atoms with E-state index >= 15 is 0 Å². The molecule has 0 spiro atoms. The predicted octanol–water partition coefficient (Wildman–Crippen LogP) is 1.56. The summed E-state index contributed by atoms with van der Waals surface area (Å²) >= 11 is 0. The van der Waals surface area contributed by atoms with Gasteiger partial charge < -0.3 is 20.5 Å². The second-order valence-electron chi connectivity index (χ2n) is 4.41. The maximum atomic E-state index is 11.5. The van der Waals surface area contributed by atoms with E-state index in [0.29, 0.717) is 17.8 Å². The van der Waals surface area contributed by atoms with Gasteiger partial charge in [0.25, 0.3) is 0 Å². The molecule has 1 saturated heterocycles. The van der Waals surface area contributed by atoms with Gasteiger partial charge in [-0.25, -0.2) is 4.79 Å². The molecule has 1 aliphatic rings. The molecule has 0 unspecified atom stereocenters. The van der Waals surface area contributed by atoms with E-state index in [4.69, 9.17) is 15.2 Å². The van der Waals surface area contributed by atoms with Crippen molar-refractivity contribution < 1.29 is 14.3 Å². The summed E-state index contributed by atoms with van der Waals surface area (Å²) in [5, 5.41) is 3.22. The number of methoxy groups -OCH3 is 1. The molecular weight excluding hydrogens is 232 g/mol. The van der Waals surface area contributed by atoms with E-state index in [0.717, 1.165) is 24.3 Å². The Morgan fingerprint density at radius 3 is 2.89 bits per heavy atom. The van der Waals surface area contributed by atoms with Gasteiger partial charge in [-0.05, 0) is 31.0 Å². The average molecular weight is 250 g/mol. The standard InChI is InChI=1S/C13H18N2O3/c1-8-5-9(13(16)17-2)6-11(12(8)14)15-7-10-3-4-18-10/h5-6,10,15H,3-4,7,14H2,1-2H3/t10-/m0/s1. The maximum Gasteiger partial charge on any atom is 0.337 e. The molecule has 5 nitrogen and oxygen atoms in total. The predicted molar refractivity (Wildman–Crippen MR) is 69.8 cm³/mol. The molecule has 0 bridgehead atoms. The van der Waals surface area contributed by atoms with Crippen LogP contribution in [0.25, 0.3) is 0 Å².